The first-order valence-electron chi connectivity index (χ1n) is 8.25. The Kier molecular flexibility index (Phi) is 3.96. The molecule has 3 heterocycles. The van der Waals surface area contributed by atoms with E-state index in [9.17, 15) is 4.79 Å². The topological polar surface area (TPSA) is 86.3 Å². The molecule has 130 valence electrons. The lowest BCUT2D eigenvalue weighted by Crippen LogP contribution is -2.44. The van der Waals surface area contributed by atoms with Gasteiger partial charge < -0.3 is 18.6 Å². The molecule has 0 unspecified atom stereocenters. The van der Waals surface area contributed by atoms with E-state index in [1.54, 1.807) is 18.2 Å². The third-order valence-electron chi connectivity index (χ3n) is 4.45. The number of benzene rings is 1. The Balaban J connectivity index is 1.53. The van der Waals surface area contributed by atoms with Crippen molar-refractivity contribution in [2.75, 3.05) is 19.7 Å². The minimum absolute atomic E-state index is 0.0210. The number of hydrogen-bond donors (Lipinski definition) is 0. The summed E-state index contributed by atoms with van der Waals surface area (Å²) in [7, 11) is 0. The summed E-state index contributed by atoms with van der Waals surface area (Å²) in [5.74, 6) is 0.920. The molecule has 8 nitrogen and oxygen atoms in total. The average molecular weight is 341 g/mol. The van der Waals surface area contributed by atoms with Crippen molar-refractivity contribution in [3.05, 3.63) is 42.4 Å². The minimum atomic E-state index is -0.384. The largest absolute Gasteiger partial charge is 0.423 e. The van der Waals surface area contributed by atoms with Gasteiger partial charge in [0.2, 0.25) is 17.7 Å². The third kappa shape index (κ3) is 2.89. The number of hydrogen-bond acceptors (Lipinski definition) is 6. The molecule has 1 fully saturated rings. The summed E-state index contributed by atoms with van der Waals surface area (Å²) in [4.78, 5) is 19.1. The summed E-state index contributed by atoms with van der Waals surface area (Å²) < 4.78 is 13.0. The van der Waals surface area contributed by atoms with E-state index < -0.39 is 0 Å². The Hall–Kier alpha value is -2.74. The first-order chi connectivity index (χ1) is 12.1. The zero-order valence-electron chi connectivity index (χ0n) is 14.1. The summed E-state index contributed by atoms with van der Waals surface area (Å²) in [5.41, 5.74) is 1.82. The molecule has 1 amide bonds. The van der Waals surface area contributed by atoms with Gasteiger partial charge in [-0.2, -0.15) is 0 Å². The van der Waals surface area contributed by atoms with Gasteiger partial charge in [-0.05, 0) is 19.1 Å². The molecule has 2 atom stereocenters. The SMILES string of the molecule is Cc1nnc([C@H]2CN(C(=O)[C@@H](C)n3cnc4ccccc43)CCO2)o1. The van der Waals surface area contributed by atoms with Crippen LogP contribution >= 0.6 is 0 Å². The van der Waals surface area contributed by atoms with Gasteiger partial charge in [-0.25, -0.2) is 4.98 Å². The molecule has 0 bridgehead atoms. The van der Waals surface area contributed by atoms with Gasteiger partial charge in [0.25, 0.3) is 0 Å². The first kappa shape index (κ1) is 15.8. The second kappa shape index (κ2) is 6.29. The summed E-state index contributed by atoms with van der Waals surface area (Å²) in [6, 6.07) is 7.43. The van der Waals surface area contributed by atoms with Crippen LogP contribution in [-0.2, 0) is 9.53 Å². The van der Waals surface area contributed by atoms with Gasteiger partial charge in [0, 0.05) is 13.5 Å². The fourth-order valence-corrected chi connectivity index (χ4v) is 3.11. The molecule has 4 rings (SSSR count). The third-order valence-corrected chi connectivity index (χ3v) is 4.45. The van der Waals surface area contributed by atoms with Crippen LogP contribution in [0.15, 0.2) is 35.0 Å². The van der Waals surface area contributed by atoms with Gasteiger partial charge in [0.15, 0.2) is 6.10 Å². The predicted octanol–water partition coefficient (Wildman–Crippen LogP) is 1.89. The van der Waals surface area contributed by atoms with Gasteiger partial charge in [-0.3, -0.25) is 4.79 Å². The minimum Gasteiger partial charge on any atom is -0.423 e. The quantitative estimate of drug-likeness (QED) is 0.723. The predicted molar refractivity (Wildman–Crippen MR) is 88.8 cm³/mol. The number of imidazole rings is 1. The lowest BCUT2D eigenvalue weighted by atomic mass is 10.2. The highest BCUT2D eigenvalue weighted by Crippen LogP contribution is 2.24. The van der Waals surface area contributed by atoms with Crippen molar-refractivity contribution in [1.82, 2.24) is 24.6 Å². The second-order valence-corrected chi connectivity index (χ2v) is 6.12. The number of nitrogens with zero attached hydrogens (tertiary/aromatic N) is 5. The average Bonchev–Trinajstić information content (AvgIpc) is 3.27. The van der Waals surface area contributed by atoms with Crippen LogP contribution in [0.2, 0.25) is 0 Å². The molecule has 0 saturated carbocycles. The standard InChI is InChI=1S/C17H19N5O3/c1-11(22-10-18-13-5-3-4-6-14(13)22)17(23)21-7-8-24-15(9-21)16-20-19-12(2)25-16/h3-6,10-11,15H,7-9H2,1-2H3/t11-,15-/m1/s1. The number of aryl methyl sites for hydroxylation is 1. The Morgan fingerprint density at radius 3 is 2.96 bits per heavy atom. The molecule has 3 aromatic rings. The molecule has 2 aromatic heterocycles. The van der Waals surface area contributed by atoms with Crippen LogP contribution in [0.5, 0.6) is 0 Å². The molecule has 8 heteroatoms. The van der Waals surface area contributed by atoms with Crippen molar-refractivity contribution in [2.45, 2.75) is 26.0 Å². The smallest absolute Gasteiger partial charge is 0.246 e. The maximum absolute atomic E-state index is 13.0. The van der Waals surface area contributed by atoms with E-state index in [1.807, 2.05) is 35.8 Å². The number of fused-ring (bicyclic) bond motifs is 1. The van der Waals surface area contributed by atoms with E-state index in [-0.39, 0.29) is 18.1 Å². The zero-order valence-corrected chi connectivity index (χ0v) is 14.1. The number of para-hydroxylation sites is 2. The highest BCUT2D eigenvalue weighted by atomic mass is 16.5. The molecule has 1 aliphatic heterocycles. The lowest BCUT2D eigenvalue weighted by molar-refractivity contribution is -0.142. The summed E-state index contributed by atoms with van der Waals surface area (Å²) in [6.07, 6.45) is 1.33. The number of amides is 1. The van der Waals surface area contributed by atoms with Gasteiger partial charge in [0.1, 0.15) is 6.04 Å². The van der Waals surface area contributed by atoms with Gasteiger partial charge in [0.05, 0.1) is 30.5 Å². The van der Waals surface area contributed by atoms with Crippen molar-refractivity contribution in [3.8, 4) is 0 Å². The fraction of sp³-hybridized carbons (Fsp3) is 0.412. The molecule has 0 N–H and O–H groups in total. The van der Waals surface area contributed by atoms with Crippen LogP contribution in [0.25, 0.3) is 11.0 Å². The van der Waals surface area contributed by atoms with E-state index in [1.165, 1.54) is 0 Å². The zero-order chi connectivity index (χ0) is 17.4. The highest BCUT2D eigenvalue weighted by Gasteiger charge is 2.31. The monoisotopic (exact) mass is 341 g/mol. The van der Waals surface area contributed by atoms with Crippen molar-refractivity contribution >= 4 is 16.9 Å². The molecule has 25 heavy (non-hydrogen) atoms. The van der Waals surface area contributed by atoms with Crippen molar-refractivity contribution in [1.29, 1.82) is 0 Å². The Morgan fingerprint density at radius 1 is 1.32 bits per heavy atom. The second-order valence-electron chi connectivity index (χ2n) is 6.12. The molecule has 0 spiro atoms. The first-order valence-corrected chi connectivity index (χ1v) is 8.25. The molecular weight excluding hydrogens is 322 g/mol. The lowest BCUT2D eigenvalue weighted by Gasteiger charge is -2.33. The van der Waals surface area contributed by atoms with E-state index in [0.29, 0.717) is 31.5 Å². The van der Waals surface area contributed by atoms with Gasteiger partial charge in [-0.1, -0.05) is 12.1 Å². The number of carbonyl (C=O) groups is 1. The van der Waals surface area contributed by atoms with Gasteiger partial charge >= 0.3 is 0 Å². The maximum atomic E-state index is 13.0. The number of rotatable bonds is 3. The van der Waals surface area contributed by atoms with Crippen LogP contribution in [0.1, 0.15) is 30.9 Å². The van der Waals surface area contributed by atoms with Crippen molar-refractivity contribution < 1.29 is 13.9 Å². The van der Waals surface area contributed by atoms with Crippen molar-refractivity contribution in [2.24, 2.45) is 0 Å². The number of ether oxygens (including phenoxy) is 1. The number of aromatic nitrogens is 4. The Bertz CT molecular complexity index is 902. The van der Waals surface area contributed by atoms with Crippen LogP contribution in [-0.4, -0.2) is 50.3 Å². The summed E-state index contributed by atoms with van der Waals surface area (Å²) >= 11 is 0. The summed E-state index contributed by atoms with van der Waals surface area (Å²) in [6.45, 7) is 5.00. The molecule has 1 saturated heterocycles. The van der Waals surface area contributed by atoms with Gasteiger partial charge in [-0.15, -0.1) is 10.2 Å². The van der Waals surface area contributed by atoms with E-state index >= 15 is 0 Å². The number of morpholine rings is 1. The van der Waals surface area contributed by atoms with Crippen LogP contribution in [0.4, 0.5) is 0 Å². The van der Waals surface area contributed by atoms with Crippen LogP contribution < -0.4 is 0 Å². The van der Waals surface area contributed by atoms with Crippen LogP contribution in [0.3, 0.4) is 0 Å². The van der Waals surface area contributed by atoms with Crippen LogP contribution in [0, 0.1) is 6.92 Å². The molecule has 1 aromatic carbocycles. The molecular formula is C17H19N5O3. The normalized spacial score (nSPS) is 19.3. The Morgan fingerprint density at radius 2 is 2.16 bits per heavy atom. The maximum Gasteiger partial charge on any atom is 0.246 e. The molecule has 0 radical (unpaired) electrons. The highest BCUT2D eigenvalue weighted by molar-refractivity contribution is 5.83. The van der Waals surface area contributed by atoms with E-state index in [0.717, 1.165) is 11.0 Å². The Labute approximate surface area is 144 Å². The summed E-state index contributed by atoms with van der Waals surface area (Å²) in [5, 5.41) is 7.83. The van der Waals surface area contributed by atoms with E-state index in [2.05, 4.69) is 15.2 Å². The van der Waals surface area contributed by atoms with E-state index in [4.69, 9.17) is 9.15 Å². The fourth-order valence-electron chi connectivity index (χ4n) is 3.11. The molecule has 1 aliphatic rings. The van der Waals surface area contributed by atoms with Crippen molar-refractivity contribution in [3.63, 3.8) is 0 Å². The molecule has 0 aliphatic carbocycles. The number of carbonyl (C=O) groups excluding carboxylic acids is 1.